The van der Waals surface area contributed by atoms with Gasteiger partial charge in [-0.2, -0.15) is 0 Å². The maximum absolute atomic E-state index is 10.6. The first kappa shape index (κ1) is 13.1. The Hall–Kier alpha value is -1.00. The molecule has 0 atom stereocenters. The number of carbonyl (C=O) groups is 1. The lowest BCUT2D eigenvalue weighted by atomic mass is 10.2. The van der Waals surface area contributed by atoms with Crippen LogP contribution in [0.4, 0.5) is 0 Å². The van der Waals surface area contributed by atoms with Crippen molar-refractivity contribution in [2.24, 2.45) is 0 Å². The Morgan fingerprint density at radius 3 is 2.81 bits per heavy atom. The maximum Gasteiger partial charge on any atom is 0.180 e. The van der Waals surface area contributed by atoms with Crippen LogP contribution in [0.1, 0.15) is 10.4 Å². The van der Waals surface area contributed by atoms with Crippen LogP contribution in [0, 0.1) is 0 Å². The van der Waals surface area contributed by atoms with Gasteiger partial charge in [0.15, 0.2) is 11.5 Å². The standard InChI is InChI=1S/C11H10BrClO3/c1-7(12)6-16-11-9(13)3-8(5-14)4-10(11)15-2/h3-5H,1,6H2,2H3. The molecule has 0 aliphatic heterocycles. The Balaban J connectivity index is 3.06. The van der Waals surface area contributed by atoms with E-state index in [1.165, 1.54) is 13.2 Å². The van der Waals surface area contributed by atoms with Gasteiger partial charge in [-0.1, -0.05) is 34.1 Å². The Bertz CT molecular complexity index is 418. The molecule has 0 aliphatic rings. The van der Waals surface area contributed by atoms with Crippen molar-refractivity contribution in [3.05, 3.63) is 33.8 Å². The van der Waals surface area contributed by atoms with Crippen LogP contribution in [0.5, 0.6) is 11.5 Å². The van der Waals surface area contributed by atoms with E-state index < -0.39 is 0 Å². The minimum absolute atomic E-state index is 0.274. The number of carbonyl (C=O) groups excluding carboxylic acids is 1. The quantitative estimate of drug-likeness (QED) is 0.782. The Morgan fingerprint density at radius 1 is 1.62 bits per heavy atom. The molecule has 0 saturated heterocycles. The Kier molecular flexibility index (Phi) is 4.83. The van der Waals surface area contributed by atoms with Crippen molar-refractivity contribution in [1.82, 2.24) is 0 Å². The van der Waals surface area contributed by atoms with Crippen molar-refractivity contribution in [3.8, 4) is 11.5 Å². The third-order valence-corrected chi connectivity index (χ3v) is 2.27. The van der Waals surface area contributed by atoms with Gasteiger partial charge in [0.05, 0.1) is 12.1 Å². The van der Waals surface area contributed by atoms with Gasteiger partial charge in [0.25, 0.3) is 0 Å². The van der Waals surface area contributed by atoms with Gasteiger partial charge in [0.2, 0.25) is 0 Å². The molecule has 0 heterocycles. The molecule has 86 valence electrons. The van der Waals surface area contributed by atoms with Crippen LogP contribution < -0.4 is 9.47 Å². The molecule has 0 radical (unpaired) electrons. The number of methoxy groups -OCH3 is 1. The highest BCUT2D eigenvalue weighted by Crippen LogP contribution is 2.36. The summed E-state index contributed by atoms with van der Waals surface area (Å²) in [5.41, 5.74) is 0.437. The third-order valence-electron chi connectivity index (χ3n) is 1.76. The summed E-state index contributed by atoms with van der Waals surface area (Å²) < 4.78 is 11.2. The molecule has 1 aromatic carbocycles. The largest absolute Gasteiger partial charge is 0.493 e. The van der Waals surface area contributed by atoms with Gasteiger partial charge in [-0.25, -0.2) is 0 Å². The number of aldehydes is 1. The molecular formula is C11H10BrClO3. The van der Waals surface area contributed by atoms with Crippen LogP contribution in [0.25, 0.3) is 0 Å². The fourth-order valence-electron chi connectivity index (χ4n) is 1.10. The van der Waals surface area contributed by atoms with E-state index in [-0.39, 0.29) is 6.61 Å². The van der Waals surface area contributed by atoms with Gasteiger partial charge in [0, 0.05) is 10.0 Å². The summed E-state index contributed by atoms with van der Waals surface area (Å²) in [6, 6.07) is 3.08. The van der Waals surface area contributed by atoms with Crippen molar-refractivity contribution < 1.29 is 14.3 Å². The molecule has 0 amide bonds. The second-order valence-corrected chi connectivity index (χ2v) is 4.49. The highest BCUT2D eigenvalue weighted by atomic mass is 79.9. The molecule has 0 aliphatic carbocycles. The summed E-state index contributed by atoms with van der Waals surface area (Å²) in [4.78, 5) is 10.6. The predicted molar refractivity (Wildman–Crippen MR) is 67.0 cm³/mol. The van der Waals surface area contributed by atoms with Crippen molar-refractivity contribution in [3.63, 3.8) is 0 Å². The molecule has 16 heavy (non-hydrogen) atoms. The zero-order valence-corrected chi connectivity index (χ0v) is 11.0. The number of hydrogen-bond acceptors (Lipinski definition) is 3. The van der Waals surface area contributed by atoms with Gasteiger partial charge < -0.3 is 9.47 Å². The lowest BCUT2D eigenvalue weighted by molar-refractivity contribution is 0.112. The first-order valence-corrected chi connectivity index (χ1v) is 5.54. The number of halogens is 2. The molecule has 3 nitrogen and oxygen atoms in total. The van der Waals surface area contributed by atoms with E-state index in [2.05, 4.69) is 22.5 Å². The summed E-state index contributed by atoms with van der Waals surface area (Å²) in [6.07, 6.45) is 0.696. The fraction of sp³-hybridized carbons (Fsp3) is 0.182. The Labute approximate surface area is 107 Å². The molecular weight excluding hydrogens is 295 g/mol. The van der Waals surface area contributed by atoms with E-state index in [1.54, 1.807) is 6.07 Å². The molecule has 0 bridgehead atoms. The maximum atomic E-state index is 10.6. The second-order valence-electron chi connectivity index (χ2n) is 2.96. The van der Waals surface area contributed by atoms with E-state index in [9.17, 15) is 4.79 Å². The van der Waals surface area contributed by atoms with Crippen LogP contribution in [0.3, 0.4) is 0 Å². The molecule has 1 rings (SSSR count). The number of ether oxygens (including phenoxy) is 2. The molecule has 0 fully saturated rings. The van der Waals surface area contributed by atoms with E-state index in [1.807, 2.05) is 0 Å². The normalized spacial score (nSPS) is 9.69. The lowest BCUT2D eigenvalue weighted by Gasteiger charge is -2.12. The summed E-state index contributed by atoms with van der Waals surface area (Å²) in [5.74, 6) is 0.818. The average Bonchev–Trinajstić information content (AvgIpc) is 2.26. The number of rotatable bonds is 5. The molecule has 5 heteroatoms. The van der Waals surface area contributed by atoms with E-state index >= 15 is 0 Å². The van der Waals surface area contributed by atoms with E-state index in [4.69, 9.17) is 21.1 Å². The van der Waals surface area contributed by atoms with Crippen LogP contribution in [-0.4, -0.2) is 20.0 Å². The van der Waals surface area contributed by atoms with Crippen LogP contribution >= 0.6 is 27.5 Å². The van der Waals surface area contributed by atoms with Gasteiger partial charge in [0.1, 0.15) is 12.9 Å². The zero-order valence-electron chi connectivity index (χ0n) is 8.63. The molecule has 0 aromatic heterocycles. The van der Waals surface area contributed by atoms with E-state index in [0.717, 1.165) is 0 Å². The van der Waals surface area contributed by atoms with Gasteiger partial charge in [-0.3, -0.25) is 4.79 Å². The highest BCUT2D eigenvalue weighted by molar-refractivity contribution is 9.11. The summed E-state index contributed by atoms with van der Waals surface area (Å²) in [7, 11) is 1.48. The molecule has 0 saturated carbocycles. The van der Waals surface area contributed by atoms with E-state index in [0.29, 0.717) is 32.9 Å². The topological polar surface area (TPSA) is 35.5 Å². The van der Waals surface area contributed by atoms with Crippen LogP contribution in [0.2, 0.25) is 5.02 Å². The fourth-order valence-corrected chi connectivity index (χ4v) is 1.49. The van der Waals surface area contributed by atoms with Gasteiger partial charge in [-0.05, 0) is 12.1 Å². The molecule has 0 unspecified atom stereocenters. The average molecular weight is 306 g/mol. The highest BCUT2D eigenvalue weighted by Gasteiger charge is 2.11. The first-order chi connectivity index (χ1) is 7.58. The van der Waals surface area contributed by atoms with Gasteiger partial charge in [-0.15, -0.1) is 0 Å². The SMILES string of the molecule is C=C(Br)COc1c(Cl)cc(C=O)cc1OC. The van der Waals surface area contributed by atoms with Gasteiger partial charge >= 0.3 is 0 Å². The number of hydrogen-bond donors (Lipinski definition) is 0. The molecule has 1 aromatic rings. The van der Waals surface area contributed by atoms with Crippen LogP contribution in [0.15, 0.2) is 23.2 Å². The smallest absolute Gasteiger partial charge is 0.180 e. The monoisotopic (exact) mass is 304 g/mol. The predicted octanol–water partition coefficient (Wildman–Crippen LogP) is 3.45. The number of benzene rings is 1. The van der Waals surface area contributed by atoms with Crippen molar-refractivity contribution in [2.45, 2.75) is 0 Å². The summed E-state index contributed by atoms with van der Waals surface area (Å²) in [6.45, 7) is 3.91. The van der Waals surface area contributed by atoms with Crippen molar-refractivity contribution >= 4 is 33.8 Å². The zero-order chi connectivity index (χ0) is 12.1. The molecule has 0 spiro atoms. The minimum Gasteiger partial charge on any atom is -0.493 e. The van der Waals surface area contributed by atoms with Crippen molar-refractivity contribution in [1.29, 1.82) is 0 Å². The van der Waals surface area contributed by atoms with Crippen molar-refractivity contribution in [2.75, 3.05) is 13.7 Å². The Morgan fingerprint density at radius 2 is 2.31 bits per heavy atom. The lowest BCUT2D eigenvalue weighted by Crippen LogP contribution is -2.00. The molecule has 0 N–H and O–H groups in total. The summed E-state index contributed by atoms with van der Waals surface area (Å²) in [5, 5.41) is 0.329. The first-order valence-electron chi connectivity index (χ1n) is 4.37. The minimum atomic E-state index is 0.274. The van der Waals surface area contributed by atoms with Crippen LogP contribution in [-0.2, 0) is 0 Å². The third kappa shape index (κ3) is 3.25. The second kappa shape index (κ2) is 5.92. The summed E-state index contributed by atoms with van der Waals surface area (Å²) >= 11 is 9.14.